The number of benzene rings is 2. The van der Waals surface area contributed by atoms with Crippen LogP contribution in [-0.4, -0.2) is 69.8 Å². The molecule has 212 valence electrons. The molecule has 3 heterocycles. The SMILES string of the molecule is CC1(C)O[C@@H]2[C@@H](CO[C@]3(COC(C)(C)O3)[C@H]2OC(=O)CO[Si](c2ccccc2)(c2ccccc2)C(C)(C)C)O1. The molecule has 3 saturated heterocycles. The van der Waals surface area contributed by atoms with Crippen LogP contribution >= 0.6 is 0 Å². The minimum Gasteiger partial charge on any atom is -0.452 e. The normalized spacial score (nSPS) is 29.8. The van der Waals surface area contributed by atoms with Gasteiger partial charge in [0.05, 0.1) is 6.61 Å². The molecule has 0 unspecified atom stereocenters. The zero-order valence-corrected chi connectivity index (χ0v) is 24.9. The van der Waals surface area contributed by atoms with Crippen LogP contribution in [0.25, 0.3) is 0 Å². The van der Waals surface area contributed by atoms with Crippen molar-refractivity contribution in [2.24, 2.45) is 0 Å². The Morgan fingerprint density at radius 1 is 0.897 bits per heavy atom. The summed E-state index contributed by atoms with van der Waals surface area (Å²) < 4.78 is 43.4. The number of hydrogen-bond donors (Lipinski definition) is 0. The lowest BCUT2D eigenvalue weighted by molar-refractivity contribution is -0.328. The second kappa shape index (κ2) is 10.1. The molecule has 0 radical (unpaired) electrons. The molecule has 3 fully saturated rings. The van der Waals surface area contributed by atoms with Crippen LogP contribution in [0.3, 0.4) is 0 Å². The van der Waals surface area contributed by atoms with E-state index in [0.717, 1.165) is 10.4 Å². The van der Waals surface area contributed by atoms with Crippen molar-refractivity contribution in [3.8, 4) is 0 Å². The van der Waals surface area contributed by atoms with E-state index in [1.165, 1.54) is 0 Å². The fraction of sp³-hybridized carbons (Fsp3) is 0.567. The minimum atomic E-state index is -2.93. The first-order chi connectivity index (χ1) is 18.3. The molecular weight excluding hydrogens is 516 g/mol. The van der Waals surface area contributed by atoms with Gasteiger partial charge in [-0.05, 0) is 43.1 Å². The van der Waals surface area contributed by atoms with Gasteiger partial charge in [-0.25, -0.2) is 4.79 Å². The molecule has 2 aromatic carbocycles. The third-order valence-electron chi connectivity index (χ3n) is 7.57. The summed E-state index contributed by atoms with van der Waals surface area (Å²) in [5, 5.41) is 1.88. The summed E-state index contributed by atoms with van der Waals surface area (Å²) >= 11 is 0. The van der Waals surface area contributed by atoms with Crippen molar-refractivity contribution < 1.29 is 37.6 Å². The largest absolute Gasteiger partial charge is 0.452 e. The van der Waals surface area contributed by atoms with Crippen molar-refractivity contribution in [1.29, 1.82) is 0 Å². The number of rotatable bonds is 6. The van der Waals surface area contributed by atoms with Crippen LogP contribution in [0, 0.1) is 0 Å². The predicted molar refractivity (Wildman–Crippen MR) is 147 cm³/mol. The van der Waals surface area contributed by atoms with Crippen molar-refractivity contribution >= 4 is 24.7 Å². The van der Waals surface area contributed by atoms with E-state index in [1.54, 1.807) is 13.8 Å². The summed E-state index contributed by atoms with van der Waals surface area (Å²) in [7, 11) is -2.93. The third kappa shape index (κ3) is 5.34. The van der Waals surface area contributed by atoms with Crippen molar-refractivity contribution in [1.82, 2.24) is 0 Å². The van der Waals surface area contributed by atoms with Gasteiger partial charge < -0.3 is 32.8 Å². The van der Waals surface area contributed by atoms with E-state index in [9.17, 15) is 4.79 Å². The molecule has 0 N–H and O–H groups in total. The van der Waals surface area contributed by atoms with E-state index in [-0.39, 0.29) is 24.9 Å². The van der Waals surface area contributed by atoms with Gasteiger partial charge >= 0.3 is 5.97 Å². The number of fused-ring (bicyclic) bond motifs is 1. The maximum Gasteiger partial charge on any atom is 0.331 e. The maximum absolute atomic E-state index is 13.6. The van der Waals surface area contributed by atoms with Crippen LogP contribution in [0.15, 0.2) is 60.7 Å². The molecule has 8 nitrogen and oxygen atoms in total. The molecule has 9 heteroatoms. The van der Waals surface area contributed by atoms with Gasteiger partial charge in [-0.15, -0.1) is 0 Å². The van der Waals surface area contributed by atoms with Gasteiger partial charge in [-0.2, -0.15) is 0 Å². The Hall–Kier alpha value is -2.11. The molecule has 0 saturated carbocycles. The molecule has 0 aromatic heterocycles. The number of ether oxygens (including phenoxy) is 6. The number of carbonyl (C=O) groups excluding carboxylic acids is 1. The van der Waals surface area contributed by atoms with E-state index < -0.39 is 50.0 Å². The first-order valence-corrected chi connectivity index (χ1v) is 15.5. The van der Waals surface area contributed by atoms with Gasteiger partial charge in [-0.3, -0.25) is 0 Å². The Bertz CT molecular complexity index is 1120. The summed E-state index contributed by atoms with van der Waals surface area (Å²) in [6, 6.07) is 20.3. The van der Waals surface area contributed by atoms with Crippen molar-refractivity contribution in [3.63, 3.8) is 0 Å². The molecule has 0 amide bonds. The zero-order chi connectivity index (χ0) is 28.1. The second-order valence-electron chi connectivity index (χ2n) is 12.4. The topological polar surface area (TPSA) is 81.7 Å². The van der Waals surface area contributed by atoms with Crippen molar-refractivity contribution in [3.05, 3.63) is 60.7 Å². The highest BCUT2D eigenvalue weighted by Crippen LogP contribution is 2.45. The molecule has 39 heavy (non-hydrogen) atoms. The van der Waals surface area contributed by atoms with E-state index in [2.05, 4.69) is 45.0 Å². The first kappa shape index (κ1) is 28.4. The Balaban J connectivity index is 1.44. The predicted octanol–water partition coefficient (Wildman–Crippen LogP) is 3.50. The van der Waals surface area contributed by atoms with Crippen molar-refractivity contribution in [2.75, 3.05) is 19.8 Å². The molecule has 3 aliphatic heterocycles. The number of carbonyl (C=O) groups is 1. The average molecular weight is 557 g/mol. The van der Waals surface area contributed by atoms with Crippen molar-refractivity contribution in [2.45, 2.75) is 89.2 Å². The Labute approximate surface area is 232 Å². The number of esters is 1. The Morgan fingerprint density at radius 3 is 2.00 bits per heavy atom. The molecule has 0 bridgehead atoms. The number of hydrogen-bond acceptors (Lipinski definition) is 8. The fourth-order valence-electron chi connectivity index (χ4n) is 6.03. The molecular formula is C30H40O8Si. The summed E-state index contributed by atoms with van der Waals surface area (Å²) in [5.74, 6) is -3.59. The van der Waals surface area contributed by atoms with Crippen LogP contribution in [0.4, 0.5) is 0 Å². The fourth-order valence-corrected chi connectivity index (χ4v) is 10.5. The van der Waals surface area contributed by atoms with Crippen LogP contribution in [0.5, 0.6) is 0 Å². The Morgan fingerprint density at radius 2 is 1.49 bits per heavy atom. The van der Waals surface area contributed by atoms with Gasteiger partial charge in [0.15, 0.2) is 17.7 Å². The molecule has 1 spiro atoms. The quantitative estimate of drug-likeness (QED) is 0.395. The molecule has 3 aliphatic rings. The molecule has 5 rings (SSSR count). The first-order valence-electron chi connectivity index (χ1n) is 13.6. The van der Waals surface area contributed by atoms with Gasteiger partial charge in [0.1, 0.15) is 25.4 Å². The molecule has 4 atom stereocenters. The average Bonchev–Trinajstić information content (AvgIpc) is 3.36. The summed E-state index contributed by atoms with van der Waals surface area (Å²) in [6.07, 6.45) is -1.90. The van der Waals surface area contributed by atoms with Gasteiger partial charge in [0.25, 0.3) is 8.32 Å². The van der Waals surface area contributed by atoms with Crippen LogP contribution in [-0.2, 0) is 37.6 Å². The monoisotopic (exact) mass is 556 g/mol. The van der Waals surface area contributed by atoms with Gasteiger partial charge in [0.2, 0.25) is 5.79 Å². The highest BCUT2D eigenvalue weighted by Gasteiger charge is 2.64. The van der Waals surface area contributed by atoms with Crippen LogP contribution in [0.1, 0.15) is 48.5 Å². The highest BCUT2D eigenvalue weighted by molar-refractivity contribution is 6.99. The molecule has 2 aromatic rings. The summed E-state index contributed by atoms with van der Waals surface area (Å²) in [6.45, 7) is 13.9. The lowest BCUT2D eigenvalue weighted by atomic mass is 9.97. The lowest BCUT2D eigenvalue weighted by Crippen LogP contribution is -2.67. The lowest BCUT2D eigenvalue weighted by Gasteiger charge is -2.44. The molecule has 0 aliphatic carbocycles. The zero-order valence-electron chi connectivity index (χ0n) is 23.9. The summed E-state index contributed by atoms with van der Waals surface area (Å²) in [5.41, 5.74) is 0. The van der Waals surface area contributed by atoms with E-state index in [1.807, 2.05) is 50.2 Å². The van der Waals surface area contributed by atoms with E-state index in [0.29, 0.717) is 0 Å². The third-order valence-corrected chi connectivity index (χ3v) is 12.5. The van der Waals surface area contributed by atoms with Crippen LogP contribution < -0.4 is 10.4 Å². The smallest absolute Gasteiger partial charge is 0.331 e. The van der Waals surface area contributed by atoms with E-state index >= 15 is 0 Å². The minimum absolute atomic E-state index is 0.0977. The van der Waals surface area contributed by atoms with E-state index in [4.69, 9.17) is 32.8 Å². The maximum atomic E-state index is 13.6. The van der Waals surface area contributed by atoms with Crippen LogP contribution in [0.2, 0.25) is 5.04 Å². The highest BCUT2D eigenvalue weighted by atomic mass is 28.4. The van der Waals surface area contributed by atoms with Gasteiger partial charge in [0, 0.05) is 0 Å². The standard InChI is InChI=1S/C30H40O8Si/c1-27(2,3)39(21-14-10-8-11-15-21,22-16-12-9-13-17-22)34-19-24(31)35-26-25-23(36-29(6,7)37-25)18-32-30(26)20-33-28(4,5)38-30/h8-17,23,25-26H,18-20H2,1-7H3/t23-,25-,26+,30+/m1/s1. The Kier molecular flexibility index (Phi) is 7.33. The van der Waals surface area contributed by atoms with Gasteiger partial charge in [-0.1, -0.05) is 81.4 Å². The summed E-state index contributed by atoms with van der Waals surface area (Å²) in [4.78, 5) is 13.6. The second-order valence-corrected chi connectivity index (χ2v) is 16.7.